The van der Waals surface area contributed by atoms with Gasteiger partial charge in [0.05, 0.1) is 17.1 Å². The molecule has 0 amide bonds. The summed E-state index contributed by atoms with van der Waals surface area (Å²) in [5.74, 6) is 9.94. The summed E-state index contributed by atoms with van der Waals surface area (Å²) in [6.45, 7) is -0.723. The molecular weight excluding hydrogens is 1230 g/mol. The SMILES string of the molecule is c1ccc(N(c2ccccc2)c2cc3c4c(c2)Oc2cc5c(cc2B4c2ccccc2O3)B2c3cc4c(cc3N(C36CC7CC(CC(C7)C3)C6)c3cc(N(c6ccccc6)c6ccccc6)cc(c32)O5)Oc2cc(N(c3ccccc3)c3ccccc3)cc3c2B4c2ccccc2O3)cc1. The highest BCUT2D eigenvalue weighted by Crippen LogP contribution is 2.61. The molecule has 4 saturated carbocycles. The summed E-state index contributed by atoms with van der Waals surface area (Å²) in [6, 6.07) is 105. The van der Waals surface area contributed by atoms with Crippen LogP contribution in [0, 0.1) is 17.8 Å². The topological polar surface area (TPSA) is 59.1 Å². The fraction of sp³-hybridized carbons (Fsp3) is 0.114. The van der Waals surface area contributed by atoms with Crippen LogP contribution in [0.3, 0.4) is 0 Å². The highest BCUT2D eigenvalue weighted by Gasteiger charge is 2.58. The van der Waals surface area contributed by atoms with Crippen LogP contribution in [0.1, 0.15) is 38.5 Å². The number of fused-ring (bicyclic) bond motifs is 12. The van der Waals surface area contributed by atoms with Crippen molar-refractivity contribution in [2.75, 3.05) is 19.6 Å². The van der Waals surface area contributed by atoms with E-state index in [-0.39, 0.29) is 25.7 Å². The van der Waals surface area contributed by atoms with E-state index in [0.29, 0.717) is 17.8 Å². The average molecular weight is 1290 g/mol. The first-order valence-corrected chi connectivity index (χ1v) is 35.4. The zero-order valence-corrected chi connectivity index (χ0v) is 54.7. The van der Waals surface area contributed by atoms with E-state index in [1.54, 1.807) is 0 Å². The third-order valence-corrected chi connectivity index (χ3v) is 23.1. The molecule has 0 spiro atoms. The van der Waals surface area contributed by atoms with Gasteiger partial charge in [-0.05, 0) is 186 Å². The van der Waals surface area contributed by atoms with Crippen LogP contribution in [-0.2, 0) is 0 Å². The minimum atomic E-state index is -0.285. The summed E-state index contributed by atoms with van der Waals surface area (Å²) < 4.78 is 37.3. The maximum absolute atomic E-state index is 7.83. The van der Waals surface area contributed by atoms with E-state index < -0.39 is 0 Å². The Labute approximate surface area is 582 Å². The van der Waals surface area contributed by atoms with Crippen molar-refractivity contribution in [2.24, 2.45) is 17.8 Å². The first-order valence-electron chi connectivity index (χ1n) is 35.4. The van der Waals surface area contributed by atoms with Crippen molar-refractivity contribution in [2.45, 2.75) is 44.1 Å². The molecule has 4 aliphatic carbocycles. The van der Waals surface area contributed by atoms with Crippen LogP contribution in [0.25, 0.3) is 0 Å². The molecule has 0 atom stereocenters. The molecule has 13 aromatic carbocycles. The maximum Gasteiger partial charge on any atom is 0.260 e. The zero-order valence-electron chi connectivity index (χ0n) is 54.7. The van der Waals surface area contributed by atoms with Crippen molar-refractivity contribution in [1.82, 2.24) is 0 Å². The smallest absolute Gasteiger partial charge is 0.260 e. The summed E-state index contributed by atoms with van der Waals surface area (Å²) in [6.07, 6.45) is 7.30. The van der Waals surface area contributed by atoms with Gasteiger partial charge in [0.15, 0.2) is 0 Å². The van der Waals surface area contributed by atoms with Crippen molar-refractivity contribution in [3.63, 3.8) is 0 Å². The first-order chi connectivity index (χ1) is 49.5. The quantitative estimate of drug-likeness (QED) is 0.125. The number of hydrogen-bond donors (Lipinski definition) is 0. The Morgan fingerprint density at radius 3 is 0.930 bits per heavy atom. The fourth-order valence-electron chi connectivity index (χ4n) is 19.6. The molecule has 23 rings (SSSR count). The summed E-state index contributed by atoms with van der Waals surface area (Å²) >= 11 is 0. The molecule has 100 heavy (non-hydrogen) atoms. The normalized spacial score (nSPS) is 18.6. The number of hydrogen-bond acceptors (Lipinski definition) is 9. The van der Waals surface area contributed by atoms with Gasteiger partial charge >= 0.3 is 0 Å². The molecule has 0 aromatic heterocycles. The van der Waals surface area contributed by atoms with E-state index in [1.807, 2.05) is 0 Å². The van der Waals surface area contributed by atoms with Gasteiger partial charge in [-0.2, -0.15) is 0 Å². The van der Waals surface area contributed by atoms with Crippen LogP contribution in [0.2, 0.25) is 0 Å². The fourth-order valence-corrected chi connectivity index (χ4v) is 19.6. The van der Waals surface area contributed by atoms with Gasteiger partial charge in [-0.1, -0.05) is 158 Å². The van der Waals surface area contributed by atoms with Crippen LogP contribution < -0.4 is 92.4 Å². The lowest BCUT2D eigenvalue weighted by molar-refractivity contribution is 0.000626. The van der Waals surface area contributed by atoms with Gasteiger partial charge in [-0.3, -0.25) is 0 Å². The monoisotopic (exact) mass is 1290 g/mol. The Balaban J connectivity index is 0.791. The summed E-state index contributed by atoms with van der Waals surface area (Å²) in [4.78, 5) is 9.88. The molecule has 4 fully saturated rings. The Morgan fingerprint density at radius 1 is 0.250 bits per heavy atom. The molecular formula is C88H63B3N4O5. The molecule has 474 valence electrons. The molecule has 0 unspecified atom stereocenters. The van der Waals surface area contributed by atoms with Crippen molar-refractivity contribution < 1.29 is 23.7 Å². The van der Waals surface area contributed by atoms with Crippen molar-refractivity contribution in [3.8, 4) is 57.5 Å². The van der Waals surface area contributed by atoms with Gasteiger partial charge in [-0.25, -0.2) is 0 Å². The minimum Gasteiger partial charge on any atom is -0.458 e. The number of benzene rings is 13. The molecule has 0 radical (unpaired) electrons. The van der Waals surface area contributed by atoms with E-state index in [1.165, 1.54) is 41.6 Å². The average Bonchev–Trinajstić information content (AvgIpc) is 0.682. The zero-order chi connectivity index (χ0) is 65.3. The van der Waals surface area contributed by atoms with Gasteiger partial charge in [-0.15, -0.1) is 0 Å². The van der Waals surface area contributed by atoms with Crippen molar-refractivity contribution in [1.29, 1.82) is 0 Å². The van der Waals surface area contributed by atoms with E-state index in [0.717, 1.165) is 166 Å². The minimum absolute atomic E-state index is 0.172. The molecule has 0 saturated heterocycles. The molecule has 9 nitrogen and oxygen atoms in total. The lowest BCUT2D eigenvalue weighted by atomic mass is 9.30. The number of rotatable bonds is 10. The Kier molecular flexibility index (Phi) is 12.2. The third kappa shape index (κ3) is 8.52. The Morgan fingerprint density at radius 2 is 0.550 bits per heavy atom. The molecule has 13 aromatic rings. The first kappa shape index (κ1) is 56.3. The number of nitrogens with zero attached hydrogens (tertiary/aromatic N) is 4. The van der Waals surface area contributed by atoms with Crippen LogP contribution >= 0.6 is 0 Å². The van der Waals surface area contributed by atoms with Gasteiger partial charge in [0.1, 0.15) is 57.5 Å². The van der Waals surface area contributed by atoms with Gasteiger partial charge in [0.2, 0.25) is 0 Å². The van der Waals surface area contributed by atoms with Gasteiger partial charge in [0.25, 0.3) is 20.1 Å². The lowest BCUT2D eigenvalue weighted by Crippen LogP contribution is -2.68. The van der Waals surface area contributed by atoms with E-state index in [4.69, 9.17) is 23.7 Å². The molecule has 4 bridgehead atoms. The maximum atomic E-state index is 7.83. The van der Waals surface area contributed by atoms with Crippen LogP contribution in [0.4, 0.5) is 62.6 Å². The summed E-state index contributed by atoms with van der Waals surface area (Å²) in [7, 11) is 0. The largest absolute Gasteiger partial charge is 0.458 e. The van der Waals surface area contributed by atoms with E-state index >= 15 is 0 Å². The number of ether oxygens (including phenoxy) is 5. The Hall–Kier alpha value is -11.7. The molecule has 6 heterocycles. The lowest BCUT2D eigenvalue weighted by Gasteiger charge is -2.62. The third-order valence-electron chi connectivity index (χ3n) is 23.1. The summed E-state index contributed by atoms with van der Waals surface area (Å²) in [5, 5.41) is 0. The van der Waals surface area contributed by atoms with Gasteiger partial charge in [0, 0.05) is 104 Å². The van der Waals surface area contributed by atoms with Crippen molar-refractivity contribution >= 4 is 132 Å². The van der Waals surface area contributed by atoms with Crippen molar-refractivity contribution in [3.05, 3.63) is 291 Å². The predicted molar refractivity (Wildman–Crippen MR) is 407 cm³/mol. The van der Waals surface area contributed by atoms with E-state index in [2.05, 4.69) is 311 Å². The summed E-state index contributed by atoms with van der Waals surface area (Å²) in [5.41, 5.74) is 21.4. The number of anilines is 11. The van der Waals surface area contributed by atoms with Gasteiger partial charge < -0.3 is 43.3 Å². The highest BCUT2D eigenvalue weighted by molar-refractivity contribution is 7.03. The van der Waals surface area contributed by atoms with Crippen LogP contribution in [0.15, 0.2) is 291 Å². The molecule has 6 aliphatic heterocycles. The molecule has 0 N–H and O–H groups in total. The predicted octanol–water partition coefficient (Wildman–Crippen LogP) is 16.6. The second kappa shape index (κ2) is 21.6. The standard InChI is InChI=1S/C88H63B3N4O5/c1-7-23-58(24-8-1)92(59-25-9-2-10-26-59)64-42-74-85-80(43-64)99-79-51-78-71(90-68-36-20-22-38-76(68)97-82-45-66(47-84(100-78)87(82)90)94(62-31-15-5-16-32-62)63-33-17-6-18-34-63)49-72(79)91(85)69-48-70-77(50-73(69)95(74)88-52-55-39-56(53-88)41-57(40-55)54-88)98-83-46-65(44-81-86(83)89(70)67-35-19-21-37-75(67)96-81)93(60-27-11-3-12-28-60)61-29-13-4-14-30-61/h1-38,42-51,55-57H,39-41,52-54H2. The molecule has 12 heteroatoms. The second-order valence-electron chi connectivity index (χ2n) is 28.8. The second-order valence-corrected chi connectivity index (χ2v) is 28.8. The Bertz CT molecular complexity index is 5360. The highest BCUT2D eigenvalue weighted by atomic mass is 16.5. The van der Waals surface area contributed by atoms with Crippen LogP contribution in [-0.4, -0.2) is 25.7 Å². The molecule has 10 aliphatic rings. The van der Waals surface area contributed by atoms with Crippen LogP contribution in [0.5, 0.6) is 57.5 Å². The number of para-hydroxylation sites is 8. The van der Waals surface area contributed by atoms with E-state index in [9.17, 15) is 0 Å².